The molecule has 0 aliphatic carbocycles. The SMILES string of the molecule is [2H]c1cc2c(-c3cccc(-c4c([2H])c([2H])c5oc6c([2H])c([2H])c([2H])c([2H])c6c5c4[2H])c3)c3cc([2H])c([2H])cc3c(-c3cccc4ccccc34)c2cc1[2H]. The lowest BCUT2D eigenvalue weighted by Gasteiger charge is -2.19. The maximum absolute atomic E-state index is 9.33. The van der Waals surface area contributed by atoms with Gasteiger partial charge in [0.1, 0.15) is 11.2 Å². The lowest BCUT2D eigenvalue weighted by Crippen LogP contribution is -1.92. The zero-order chi connectivity index (χ0) is 37.9. The summed E-state index contributed by atoms with van der Waals surface area (Å²) in [6.07, 6.45) is 0. The fourth-order valence-corrected chi connectivity index (χ4v) is 6.21. The first-order valence-electron chi connectivity index (χ1n) is 19.4. The number of hydrogen-bond acceptors (Lipinski definition) is 1. The molecule has 1 nitrogen and oxygen atoms in total. The van der Waals surface area contributed by atoms with Crippen LogP contribution in [0.3, 0.4) is 0 Å². The second-order valence-corrected chi connectivity index (χ2v) is 10.4. The predicted molar refractivity (Wildman–Crippen MR) is 183 cm³/mol. The quantitative estimate of drug-likeness (QED) is 0.197. The fourth-order valence-electron chi connectivity index (χ4n) is 6.21. The number of para-hydroxylation sites is 1. The molecule has 9 aromatic rings. The zero-order valence-electron chi connectivity index (χ0n) is 33.6. The van der Waals surface area contributed by atoms with Crippen LogP contribution in [0, 0.1) is 0 Å². The third kappa shape index (κ3) is 3.72. The summed E-state index contributed by atoms with van der Waals surface area (Å²) in [4.78, 5) is 0. The van der Waals surface area contributed by atoms with E-state index in [1.165, 1.54) is 0 Å². The monoisotopic (exact) mass is 557 g/mol. The first kappa shape index (κ1) is 15.5. The summed E-state index contributed by atoms with van der Waals surface area (Å²) in [5, 5.41) is 4.56. The van der Waals surface area contributed by atoms with Crippen LogP contribution in [0.15, 0.2) is 162 Å². The van der Waals surface area contributed by atoms with Crippen LogP contribution in [0.2, 0.25) is 0 Å². The van der Waals surface area contributed by atoms with Crippen LogP contribution >= 0.6 is 0 Å². The van der Waals surface area contributed by atoms with Gasteiger partial charge in [-0.15, -0.1) is 0 Å². The molecular formula is C42H26O. The first-order valence-corrected chi connectivity index (χ1v) is 13.9. The number of benzene rings is 8. The Morgan fingerprint density at radius 3 is 1.88 bits per heavy atom. The van der Waals surface area contributed by atoms with Gasteiger partial charge in [0, 0.05) is 10.8 Å². The van der Waals surface area contributed by atoms with Crippen LogP contribution in [0.4, 0.5) is 0 Å². The Labute approximate surface area is 264 Å². The summed E-state index contributed by atoms with van der Waals surface area (Å²) >= 11 is 0. The van der Waals surface area contributed by atoms with Crippen molar-refractivity contribution in [2.75, 3.05) is 0 Å². The molecule has 1 heterocycles. The van der Waals surface area contributed by atoms with Crippen molar-refractivity contribution in [2.24, 2.45) is 0 Å². The van der Waals surface area contributed by atoms with Crippen molar-refractivity contribution >= 4 is 54.3 Å². The van der Waals surface area contributed by atoms with Crippen LogP contribution in [0.1, 0.15) is 15.1 Å². The first-order chi connectivity index (χ1) is 25.9. The minimum Gasteiger partial charge on any atom is -0.456 e. The molecular weight excluding hydrogens is 520 g/mol. The van der Waals surface area contributed by atoms with E-state index in [0.29, 0.717) is 38.2 Å². The van der Waals surface area contributed by atoms with Crippen molar-refractivity contribution < 1.29 is 19.5 Å². The van der Waals surface area contributed by atoms with Crippen molar-refractivity contribution in [2.45, 2.75) is 0 Å². The molecule has 9 rings (SSSR count). The molecule has 8 aromatic carbocycles. The molecule has 43 heavy (non-hydrogen) atoms. The summed E-state index contributed by atoms with van der Waals surface area (Å²) < 4.78 is 101. The van der Waals surface area contributed by atoms with Gasteiger partial charge in [0.05, 0.1) is 15.1 Å². The molecule has 0 atom stereocenters. The van der Waals surface area contributed by atoms with Gasteiger partial charge >= 0.3 is 0 Å². The molecule has 200 valence electrons. The van der Waals surface area contributed by atoms with Crippen molar-refractivity contribution in [1.29, 1.82) is 0 Å². The van der Waals surface area contributed by atoms with Crippen molar-refractivity contribution in [1.82, 2.24) is 0 Å². The van der Waals surface area contributed by atoms with Gasteiger partial charge in [0.25, 0.3) is 0 Å². The van der Waals surface area contributed by atoms with E-state index < -0.39 is 24.2 Å². The summed E-state index contributed by atoms with van der Waals surface area (Å²) in [5.41, 5.74) is 2.96. The maximum Gasteiger partial charge on any atom is 0.135 e. The minimum atomic E-state index is -0.503. The van der Waals surface area contributed by atoms with Crippen LogP contribution in [-0.4, -0.2) is 0 Å². The van der Waals surface area contributed by atoms with Crippen LogP contribution in [0.25, 0.3) is 87.6 Å². The normalized spacial score (nSPS) is 15.3. The molecule has 0 fully saturated rings. The lowest BCUT2D eigenvalue weighted by molar-refractivity contribution is 0.669. The van der Waals surface area contributed by atoms with Crippen molar-refractivity contribution in [3.8, 4) is 33.4 Å². The number of fused-ring (bicyclic) bond motifs is 6. The average molecular weight is 558 g/mol. The van der Waals surface area contributed by atoms with E-state index in [1.54, 1.807) is 42.5 Å². The lowest BCUT2D eigenvalue weighted by atomic mass is 9.84. The highest BCUT2D eigenvalue weighted by Gasteiger charge is 2.18. The average Bonchev–Trinajstić information content (AvgIpc) is 3.58. The van der Waals surface area contributed by atoms with E-state index in [2.05, 4.69) is 0 Å². The highest BCUT2D eigenvalue weighted by atomic mass is 16.3. The molecule has 0 N–H and O–H groups in total. The number of rotatable bonds is 3. The molecule has 0 spiro atoms. The van der Waals surface area contributed by atoms with Crippen LogP contribution in [-0.2, 0) is 0 Å². The zero-order valence-corrected chi connectivity index (χ0v) is 22.6. The van der Waals surface area contributed by atoms with E-state index >= 15 is 0 Å². The molecule has 0 unspecified atom stereocenters. The van der Waals surface area contributed by atoms with Crippen LogP contribution < -0.4 is 0 Å². The van der Waals surface area contributed by atoms with Crippen molar-refractivity contribution in [3.05, 3.63) is 157 Å². The van der Waals surface area contributed by atoms with Gasteiger partial charge in [-0.1, -0.05) is 133 Å². The highest BCUT2D eigenvalue weighted by molar-refractivity contribution is 6.23. The third-order valence-corrected chi connectivity index (χ3v) is 8.07. The molecule has 0 saturated heterocycles. The standard InChI is InChI=1S/C42H26O/c1-2-15-31-27(11-1)12-10-21-33(31)42-36-19-5-3-17-34(36)41(35-18-4-6-20-37(35)42)30-14-9-13-28(25-30)29-23-24-40-38(26-29)32-16-7-8-22-39(32)43-40/h1-26H/i3D,4D,5D,6D,7D,8D,16D,22D,23D,24D,26D. The van der Waals surface area contributed by atoms with Gasteiger partial charge in [-0.25, -0.2) is 0 Å². The Bertz CT molecular complexity index is 3060. The molecule has 0 aliphatic heterocycles. The Morgan fingerprint density at radius 1 is 0.419 bits per heavy atom. The van der Waals surface area contributed by atoms with Crippen molar-refractivity contribution in [3.63, 3.8) is 0 Å². The van der Waals surface area contributed by atoms with E-state index in [0.717, 1.165) is 21.9 Å². The van der Waals surface area contributed by atoms with E-state index in [4.69, 9.17) is 18.1 Å². The number of furan rings is 1. The summed E-state index contributed by atoms with van der Waals surface area (Å²) in [7, 11) is 0. The molecule has 0 saturated carbocycles. The Morgan fingerprint density at radius 2 is 1.07 bits per heavy atom. The Kier molecular flexibility index (Phi) is 3.41. The molecule has 0 bridgehead atoms. The topological polar surface area (TPSA) is 13.1 Å². The van der Waals surface area contributed by atoms with E-state index in [-0.39, 0.29) is 69.8 Å². The molecule has 0 amide bonds. The van der Waals surface area contributed by atoms with Gasteiger partial charge in [0.15, 0.2) is 0 Å². The Hall–Kier alpha value is -5.66. The summed E-state index contributed by atoms with van der Waals surface area (Å²) in [6.45, 7) is 0. The molecule has 0 aliphatic rings. The molecule has 0 radical (unpaired) electrons. The summed E-state index contributed by atoms with van der Waals surface area (Å²) in [6, 6.07) is 24.8. The smallest absolute Gasteiger partial charge is 0.135 e. The van der Waals surface area contributed by atoms with E-state index in [9.17, 15) is 1.37 Å². The Balaban J connectivity index is 1.39. The number of hydrogen-bond donors (Lipinski definition) is 0. The minimum absolute atomic E-state index is 0.00563. The molecule has 1 aromatic heterocycles. The third-order valence-electron chi connectivity index (χ3n) is 8.07. The van der Waals surface area contributed by atoms with Gasteiger partial charge in [-0.3, -0.25) is 0 Å². The van der Waals surface area contributed by atoms with E-state index in [1.807, 2.05) is 48.5 Å². The second kappa shape index (κ2) is 9.44. The predicted octanol–water partition coefficient (Wildman–Crippen LogP) is 12.0. The molecule has 1 heteroatoms. The van der Waals surface area contributed by atoms with Gasteiger partial charge < -0.3 is 4.42 Å². The highest BCUT2D eigenvalue weighted by Crippen LogP contribution is 2.45. The largest absolute Gasteiger partial charge is 0.456 e. The van der Waals surface area contributed by atoms with Gasteiger partial charge in [-0.2, -0.15) is 0 Å². The second-order valence-electron chi connectivity index (χ2n) is 10.4. The van der Waals surface area contributed by atoms with Crippen LogP contribution in [0.5, 0.6) is 0 Å². The summed E-state index contributed by atoms with van der Waals surface area (Å²) in [5.74, 6) is 0. The fraction of sp³-hybridized carbons (Fsp3) is 0. The maximum atomic E-state index is 9.33. The van der Waals surface area contributed by atoms with Gasteiger partial charge in [0.2, 0.25) is 0 Å². The van der Waals surface area contributed by atoms with Gasteiger partial charge in [-0.05, 0) is 89.9 Å².